The summed E-state index contributed by atoms with van der Waals surface area (Å²) in [5.41, 5.74) is 0. The van der Waals surface area contributed by atoms with Gasteiger partial charge in [-0.3, -0.25) is 0 Å². The van der Waals surface area contributed by atoms with Crippen LogP contribution in [-0.4, -0.2) is 0 Å². The van der Waals surface area contributed by atoms with Crippen LogP contribution < -0.4 is 0 Å². The van der Waals surface area contributed by atoms with E-state index in [2.05, 4.69) is 31.3 Å². The zero-order valence-electron chi connectivity index (χ0n) is 4.13. The lowest BCUT2D eigenvalue weighted by Crippen LogP contribution is -1.64. The quantitative estimate of drug-likeness (QED) is 0.508. The van der Waals surface area contributed by atoms with Gasteiger partial charge in [-0.05, 0) is 24.3 Å². The first-order valence-electron chi connectivity index (χ1n) is 2.18. The van der Waals surface area contributed by atoms with Gasteiger partial charge in [0, 0.05) is 9.79 Å². The fraction of sp³-hybridized carbons (Fsp3) is 0. The van der Waals surface area contributed by atoms with Gasteiger partial charge >= 0.3 is 0 Å². The largest absolute Gasteiger partial charge is 0.143 e. The molecule has 0 heterocycles. The summed E-state index contributed by atoms with van der Waals surface area (Å²) >= 11 is 8.15. The minimum Gasteiger partial charge on any atom is -0.143 e. The highest BCUT2D eigenvalue weighted by Crippen LogP contribution is 2.10. The first-order chi connectivity index (χ1) is 3.79. The molecule has 0 bridgehead atoms. The average Bonchev–Trinajstić information content (AvgIpc) is 1.64. The minimum atomic E-state index is 0.900. The Kier molecular flexibility index (Phi) is 1.86. The molecule has 0 nitrogen and oxygen atoms in total. The summed E-state index contributed by atoms with van der Waals surface area (Å²) in [7, 11) is 0. The van der Waals surface area contributed by atoms with Crippen LogP contribution in [0.25, 0.3) is 0 Å². The summed E-state index contributed by atoms with van der Waals surface area (Å²) in [5, 5.41) is 0. The SMILES string of the molecule is Sc1c[c]cc(S)c1. The van der Waals surface area contributed by atoms with Gasteiger partial charge in [0.25, 0.3) is 0 Å². The third kappa shape index (κ3) is 1.46. The molecule has 0 saturated heterocycles. The molecular formula is C6H5S2. The van der Waals surface area contributed by atoms with Crippen molar-refractivity contribution in [2.45, 2.75) is 9.79 Å². The molecule has 0 fully saturated rings. The minimum absolute atomic E-state index is 0.900. The standard InChI is InChI=1S/C6H5S2/c7-5-2-1-3-6(8)4-5/h2-4,7-8H. The maximum Gasteiger partial charge on any atom is 0.00572 e. The summed E-state index contributed by atoms with van der Waals surface area (Å²) in [6, 6.07) is 8.33. The molecule has 1 aromatic rings. The number of hydrogen-bond acceptors (Lipinski definition) is 2. The van der Waals surface area contributed by atoms with Crippen LogP contribution in [0, 0.1) is 6.07 Å². The summed E-state index contributed by atoms with van der Waals surface area (Å²) in [4.78, 5) is 1.80. The van der Waals surface area contributed by atoms with Crippen molar-refractivity contribution < 1.29 is 0 Å². The van der Waals surface area contributed by atoms with E-state index in [9.17, 15) is 0 Å². The summed E-state index contributed by atoms with van der Waals surface area (Å²) < 4.78 is 0. The Bertz CT molecular complexity index is 166. The fourth-order valence-electron chi connectivity index (χ4n) is 0.447. The van der Waals surface area contributed by atoms with Crippen molar-refractivity contribution in [3.63, 3.8) is 0 Å². The molecule has 0 atom stereocenters. The van der Waals surface area contributed by atoms with E-state index in [4.69, 9.17) is 0 Å². The molecule has 0 unspecified atom stereocenters. The predicted molar refractivity (Wildman–Crippen MR) is 39.8 cm³/mol. The van der Waals surface area contributed by atoms with Gasteiger partial charge in [0.2, 0.25) is 0 Å². The molecule has 1 radical (unpaired) electrons. The molecule has 0 aliphatic carbocycles. The number of benzene rings is 1. The molecule has 41 valence electrons. The Morgan fingerprint density at radius 1 is 1.12 bits per heavy atom. The Balaban J connectivity index is 3.08. The Labute approximate surface area is 59.7 Å². The van der Waals surface area contributed by atoms with Crippen molar-refractivity contribution in [2.24, 2.45) is 0 Å². The molecule has 2 heteroatoms. The molecule has 0 aromatic heterocycles. The van der Waals surface area contributed by atoms with Gasteiger partial charge in [0.1, 0.15) is 0 Å². The van der Waals surface area contributed by atoms with Crippen LogP contribution in [0.4, 0.5) is 0 Å². The summed E-state index contributed by atoms with van der Waals surface area (Å²) in [6.07, 6.45) is 0. The van der Waals surface area contributed by atoms with Crippen LogP contribution in [0.2, 0.25) is 0 Å². The van der Waals surface area contributed by atoms with Gasteiger partial charge in [0.05, 0.1) is 0 Å². The molecule has 0 saturated carbocycles. The molecule has 1 aromatic carbocycles. The highest BCUT2D eigenvalue weighted by Gasteiger charge is 1.82. The second-order valence-electron chi connectivity index (χ2n) is 1.45. The van der Waals surface area contributed by atoms with E-state index in [-0.39, 0.29) is 0 Å². The van der Waals surface area contributed by atoms with Gasteiger partial charge in [-0.15, -0.1) is 25.3 Å². The topological polar surface area (TPSA) is 0 Å². The number of rotatable bonds is 0. The lowest BCUT2D eigenvalue weighted by molar-refractivity contribution is 1.34. The Morgan fingerprint density at radius 3 is 1.88 bits per heavy atom. The van der Waals surface area contributed by atoms with Gasteiger partial charge in [0.15, 0.2) is 0 Å². The first-order valence-corrected chi connectivity index (χ1v) is 3.07. The van der Waals surface area contributed by atoms with Gasteiger partial charge in [-0.1, -0.05) is 0 Å². The molecule has 1 rings (SSSR count). The van der Waals surface area contributed by atoms with Crippen LogP contribution in [0.1, 0.15) is 0 Å². The average molecular weight is 141 g/mol. The van der Waals surface area contributed by atoms with E-state index in [0.29, 0.717) is 0 Å². The van der Waals surface area contributed by atoms with Crippen LogP contribution in [0.3, 0.4) is 0 Å². The fourth-order valence-corrected chi connectivity index (χ4v) is 0.976. The second kappa shape index (κ2) is 2.46. The van der Waals surface area contributed by atoms with Crippen molar-refractivity contribution in [3.05, 3.63) is 24.3 Å². The van der Waals surface area contributed by atoms with Crippen molar-refractivity contribution >= 4 is 25.3 Å². The molecule has 0 spiro atoms. The van der Waals surface area contributed by atoms with Gasteiger partial charge < -0.3 is 0 Å². The maximum atomic E-state index is 4.07. The zero-order chi connectivity index (χ0) is 5.98. The number of hydrogen-bond donors (Lipinski definition) is 2. The maximum absolute atomic E-state index is 4.07. The Hall–Kier alpha value is -0.0800. The van der Waals surface area contributed by atoms with Crippen LogP contribution in [0.15, 0.2) is 28.0 Å². The molecule has 0 aliphatic rings. The van der Waals surface area contributed by atoms with E-state index in [1.54, 1.807) is 12.1 Å². The van der Waals surface area contributed by atoms with Gasteiger partial charge in [-0.25, -0.2) is 0 Å². The molecule has 0 aliphatic heterocycles. The van der Waals surface area contributed by atoms with Crippen LogP contribution >= 0.6 is 25.3 Å². The highest BCUT2D eigenvalue weighted by molar-refractivity contribution is 7.81. The first kappa shape index (κ1) is 6.05. The zero-order valence-corrected chi connectivity index (χ0v) is 5.92. The predicted octanol–water partition coefficient (Wildman–Crippen LogP) is 2.06. The number of thiol groups is 2. The van der Waals surface area contributed by atoms with E-state index in [1.807, 2.05) is 6.07 Å². The highest BCUT2D eigenvalue weighted by atomic mass is 32.1. The molecule has 0 N–H and O–H groups in total. The molecule has 0 amide bonds. The van der Waals surface area contributed by atoms with Crippen molar-refractivity contribution in [3.8, 4) is 0 Å². The summed E-state index contributed by atoms with van der Waals surface area (Å²) in [5.74, 6) is 0. The van der Waals surface area contributed by atoms with Crippen molar-refractivity contribution in [1.29, 1.82) is 0 Å². The van der Waals surface area contributed by atoms with Crippen molar-refractivity contribution in [1.82, 2.24) is 0 Å². The van der Waals surface area contributed by atoms with E-state index >= 15 is 0 Å². The third-order valence-electron chi connectivity index (χ3n) is 0.758. The van der Waals surface area contributed by atoms with Crippen molar-refractivity contribution in [2.75, 3.05) is 0 Å². The Morgan fingerprint density at radius 2 is 1.62 bits per heavy atom. The second-order valence-corrected chi connectivity index (χ2v) is 2.48. The molecular weight excluding hydrogens is 136 g/mol. The van der Waals surface area contributed by atoms with Crippen LogP contribution in [0.5, 0.6) is 0 Å². The smallest absolute Gasteiger partial charge is 0.00572 e. The third-order valence-corrected chi connectivity index (χ3v) is 1.27. The summed E-state index contributed by atoms with van der Waals surface area (Å²) in [6.45, 7) is 0. The lowest BCUT2D eigenvalue weighted by atomic mass is 10.4. The van der Waals surface area contributed by atoms with E-state index in [1.165, 1.54) is 0 Å². The lowest BCUT2D eigenvalue weighted by Gasteiger charge is -1.88. The van der Waals surface area contributed by atoms with E-state index in [0.717, 1.165) is 9.79 Å². The van der Waals surface area contributed by atoms with E-state index < -0.39 is 0 Å². The van der Waals surface area contributed by atoms with Gasteiger partial charge in [-0.2, -0.15) is 0 Å². The normalized spacial score (nSPS) is 9.25. The van der Waals surface area contributed by atoms with Crippen LogP contribution in [-0.2, 0) is 0 Å². The molecule has 8 heavy (non-hydrogen) atoms. The monoisotopic (exact) mass is 141 g/mol.